The van der Waals surface area contributed by atoms with Crippen LogP contribution in [0.3, 0.4) is 0 Å². The van der Waals surface area contributed by atoms with Gasteiger partial charge in [-0.2, -0.15) is 0 Å². The quantitative estimate of drug-likeness (QED) is 0.0410. The maximum absolute atomic E-state index is 13.2. The van der Waals surface area contributed by atoms with Crippen molar-refractivity contribution in [2.24, 2.45) is 28.6 Å². The van der Waals surface area contributed by atoms with E-state index in [9.17, 15) is 61.0 Å². The van der Waals surface area contributed by atoms with Crippen LogP contribution in [0.1, 0.15) is 126 Å². The number of methoxy groups -OCH3 is 3. The molecule has 3 saturated carbocycles. The Hall–Kier alpha value is -2.09. The number of aliphatic hydroxyl groups is 11. The fraction of sp³-hybridized carbons (Fsp3) is 0.923. The number of carbonyl (C=O) groups is 1. The Bertz CT molecular complexity index is 2510. The fourth-order valence-corrected chi connectivity index (χ4v) is 17.2. The molecular weight excluding hydrogens is 1230 g/mol. The van der Waals surface area contributed by atoms with Crippen molar-refractivity contribution in [3.63, 3.8) is 0 Å². The molecule has 6 aliphatic heterocycles. The third-order valence-electron chi connectivity index (χ3n) is 23.0. The van der Waals surface area contributed by atoms with Gasteiger partial charge in [0.15, 0.2) is 43.8 Å². The molecule has 0 aromatic rings. The average molecular weight is 1340 g/mol. The van der Waals surface area contributed by atoms with Gasteiger partial charge in [0.05, 0.1) is 68.1 Å². The summed E-state index contributed by atoms with van der Waals surface area (Å²) in [5.74, 6) is -0.469. The molecule has 0 radical (unpaired) electrons. The monoisotopic (exact) mass is 1330 g/mol. The van der Waals surface area contributed by atoms with E-state index in [1.807, 2.05) is 27.7 Å². The first-order valence-corrected chi connectivity index (χ1v) is 33.5. The highest BCUT2D eigenvalue weighted by Crippen LogP contribution is 2.69. The Labute approximate surface area is 543 Å². The summed E-state index contributed by atoms with van der Waals surface area (Å²) in [6.45, 7) is 13.6. The van der Waals surface area contributed by atoms with E-state index in [0.717, 1.165) is 25.7 Å². The highest BCUT2D eigenvalue weighted by Gasteiger charge is 2.68. The molecule has 11 N–H and O–H groups in total. The van der Waals surface area contributed by atoms with Crippen LogP contribution >= 0.6 is 0 Å². The summed E-state index contributed by atoms with van der Waals surface area (Å²) < 4.78 is 97.9. The van der Waals surface area contributed by atoms with Gasteiger partial charge in [-0.05, 0) is 116 Å². The van der Waals surface area contributed by atoms with Crippen LogP contribution in [0.15, 0.2) is 23.3 Å². The summed E-state index contributed by atoms with van der Waals surface area (Å²) in [4.78, 5) is 12.6. The van der Waals surface area contributed by atoms with Crippen molar-refractivity contribution in [3.05, 3.63) is 23.3 Å². The van der Waals surface area contributed by atoms with E-state index < -0.39 is 203 Å². The third kappa shape index (κ3) is 14.6. The Morgan fingerprint density at radius 3 is 1.59 bits per heavy atom. The minimum Gasteiger partial charge on any atom is -0.453 e. The lowest BCUT2D eigenvalue weighted by Crippen LogP contribution is -2.63. The second-order valence-electron chi connectivity index (χ2n) is 28.2. The molecule has 10 aliphatic rings. The summed E-state index contributed by atoms with van der Waals surface area (Å²) in [6, 6.07) is 0. The number of esters is 1. The maximum Gasteiger partial charge on any atom is 0.333 e. The number of ether oxygens (including phenoxy) is 16. The van der Waals surface area contributed by atoms with Gasteiger partial charge in [0.2, 0.25) is 0 Å². The van der Waals surface area contributed by atoms with E-state index >= 15 is 0 Å². The van der Waals surface area contributed by atoms with Crippen LogP contribution in [0, 0.1) is 28.6 Å². The normalized spacial score (nSPS) is 50.8. The van der Waals surface area contributed by atoms with Crippen LogP contribution in [-0.4, -0.2) is 287 Å². The number of rotatable bonds is 21. The molecule has 9 fully saturated rings. The van der Waals surface area contributed by atoms with Gasteiger partial charge in [-0.3, -0.25) is 0 Å². The molecule has 0 amide bonds. The summed E-state index contributed by atoms with van der Waals surface area (Å²) in [5.41, 5.74) is -0.0114. The summed E-state index contributed by atoms with van der Waals surface area (Å²) in [7, 11) is 4.87. The van der Waals surface area contributed by atoms with Crippen molar-refractivity contribution in [1.82, 2.24) is 0 Å². The number of carbonyl (C=O) groups excluding carboxylic acids is 1. The number of hydrogen-bond acceptors (Lipinski definition) is 28. The number of allylic oxidation sites excluding steroid dienone is 2. The Morgan fingerprint density at radius 1 is 0.602 bits per heavy atom. The zero-order valence-electron chi connectivity index (χ0n) is 55.4. The van der Waals surface area contributed by atoms with Crippen LogP contribution in [0.25, 0.3) is 0 Å². The predicted octanol–water partition coefficient (Wildman–Crippen LogP) is 0.0170. The van der Waals surface area contributed by atoms with E-state index in [1.165, 1.54) is 5.57 Å². The minimum atomic E-state index is -1.85. The summed E-state index contributed by atoms with van der Waals surface area (Å²) >= 11 is 0. The van der Waals surface area contributed by atoms with Crippen molar-refractivity contribution < 1.29 is 137 Å². The molecule has 6 saturated heterocycles. The lowest BCUT2D eigenvalue weighted by Gasteiger charge is -2.61. The minimum absolute atomic E-state index is 0.0418. The van der Waals surface area contributed by atoms with Crippen LogP contribution < -0.4 is 0 Å². The Balaban J connectivity index is 0.701. The average Bonchev–Trinajstić information content (AvgIpc) is 1.65. The molecule has 0 aromatic heterocycles. The van der Waals surface area contributed by atoms with E-state index in [1.54, 1.807) is 41.3 Å². The van der Waals surface area contributed by atoms with Gasteiger partial charge < -0.3 is 132 Å². The van der Waals surface area contributed by atoms with Gasteiger partial charge in [-0.1, -0.05) is 31.6 Å². The number of hydrogen-bond donors (Lipinski definition) is 11. The molecule has 0 unspecified atom stereocenters. The van der Waals surface area contributed by atoms with Gasteiger partial charge >= 0.3 is 5.97 Å². The molecule has 4 aliphatic carbocycles. The van der Waals surface area contributed by atoms with Crippen molar-refractivity contribution in [2.75, 3.05) is 41.2 Å². The second kappa shape index (κ2) is 30.4. The Kier molecular flexibility index (Phi) is 24.1. The lowest BCUT2D eigenvalue weighted by molar-refractivity contribution is -0.346. The molecule has 35 atom stereocenters. The number of aliphatic hydroxyl groups excluding tert-OH is 10. The van der Waals surface area contributed by atoms with Crippen molar-refractivity contribution >= 4 is 5.97 Å². The molecule has 6 heterocycles. The Morgan fingerprint density at radius 2 is 1.08 bits per heavy atom. The SMILES string of the molecule is C/C=C(\C)C(=O)O[C@@H]1[C@@H](C)O[C@@H](O[C@H]2[C@@H](OC)C[C@H](O[C@H]3[C@@H](OC)C[C@H](O[C@H]4CC[C@@]5(C)C(=CC[C@@H]6[C@@H]5CC[C@]5(C)[C@@H]([C@H](C)O[C@@H]7O[C@H](CO[C@@H]8O[C@H](CO[C@@H]9O[C@H](CO)[C@H](O)[C@H](O)[C@H]9O)[C@H](O)[C@H](O)[C@H]8O)[C@H](O)[C@H](O)[C@H]7O)CC[C@]65O)C4)O[C@@H]3C)O[C@@H]2C)C[C@H]1OC. The topological polar surface area (TPSA) is 387 Å². The summed E-state index contributed by atoms with van der Waals surface area (Å²) in [6.07, 6.45) is -20.5. The summed E-state index contributed by atoms with van der Waals surface area (Å²) in [5, 5.41) is 119. The smallest absolute Gasteiger partial charge is 0.333 e. The van der Waals surface area contributed by atoms with Crippen molar-refractivity contribution in [1.29, 1.82) is 0 Å². The largest absolute Gasteiger partial charge is 0.453 e. The number of fused-ring (bicyclic) bond motifs is 5. The molecule has 0 aromatic carbocycles. The second-order valence-corrected chi connectivity index (χ2v) is 28.2. The van der Waals surface area contributed by atoms with E-state index in [0.29, 0.717) is 50.5 Å². The molecule has 0 bridgehead atoms. The zero-order chi connectivity index (χ0) is 67.3. The van der Waals surface area contributed by atoms with Gasteiger partial charge in [0.25, 0.3) is 0 Å². The van der Waals surface area contributed by atoms with Gasteiger partial charge in [-0.15, -0.1) is 0 Å². The molecular formula is C65H106O28. The van der Waals surface area contributed by atoms with Gasteiger partial charge in [0, 0.05) is 51.6 Å². The standard InChI is InChI=1S/C65H106O28/c1-12-28(2)59(76)93-58-32(6)85-46(24-40(58)80-11)92-57-31(5)84-45(23-39(57)79-10)91-56-30(4)83-44(22-38(56)78-9)87-34-15-18-63(7)33(21-34)13-14-37-36(63)16-19-64(8)35(17-20-65(37,64)77)29(3)86-62-55(75)52(72)49(69)43(90-62)27-82-61-54(74)51(71)48(68)42(89-61)26-81-60-53(73)50(70)47(67)41(25-66)88-60/h12-13,29-32,34-58,60-62,66-75,77H,14-27H2,1-11H3/b28-12+/t29-,30+,31+,32+,34-,35+,36-,37+,38-,39-,40+,41+,42+,43+,44-,45-,46-,47-,48-,49-,50-,51-,52-,53+,54+,55+,56+,57+,58+,60+,61+,62+,63-,64+,65-/m0/s1. The molecule has 0 spiro atoms. The lowest BCUT2D eigenvalue weighted by atomic mass is 9.45. The van der Waals surface area contributed by atoms with E-state index in [-0.39, 0.29) is 35.4 Å². The van der Waals surface area contributed by atoms with Crippen LogP contribution in [0.5, 0.6) is 0 Å². The zero-order valence-corrected chi connectivity index (χ0v) is 55.4. The van der Waals surface area contributed by atoms with Crippen molar-refractivity contribution in [3.8, 4) is 0 Å². The molecule has 28 nitrogen and oxygen atoms in total. The van der Waals surface area contributed by atoms with Crippen LogP contribution in [-0.2, 0) is 80.6 Å². The van der Waals surface area contributed by atoms with E-state index in [2.05, 4.69) is 19.9 Å². The predicted molar refractivity (Wildman–Crippen MR) is 319 cm³/mol. The maximum atomic E-state index is 13.2. The van der Waals surface area contributed by atoms with Crippen LogP contribution in [0.4, 0.5) is 0 Å². The molecule has 93 heavy (non-hydrogen) atoms. The molecule has 534 valence electrons. The fourth-order valence-electron chi connectivity index (χ4n) is 17.2. The highest BCUT2D eigenvalue weighted by atomic mass is 16.8. The van der Waals surface area contributed by atoms with Gasteiger partial charge in [-0.25, -0.2) is 4.79 Å². The molecule has 10 rings (SSSR count). The first kappa shape index (κ1) is 73.6. The van der Waals surface area contributed by atoms with Crippen LogP contribution in [0.2, 0.25) is 0 Å². The van der Waals surface area contributed by atoms with Gasteiger partial charge in [0.1, 0.15) is 91.6 Å². The van der Waals surface area contributed by atoms with E-state index in [4.69, 9.17) is 75.8 Å². The van der Waals surface area contributed by atoms with Crippen molar-refractivity contribution in [2.45, 2.75) is 310 Å². The molecule has 28 heteroatoms. The third-order valence-corrected chi connectivity index (χ3v) is 23.0. The highest BCUT2D eigenvalue weighted by molar-refractivity contribution is 5.87. The first-order valence-electron chi connectivity index (χ1n) is 33.5. The first-order chi connectivity index (χ1) is 44.1.